The Morgan fingerprint density at radius 3 is 2.30 bits per heavy atom. The van der Waals surface area contributed by atoms with Crippen LogP contribution >= 0.6 is 0 Å². The molecule has 0 amide bonds. The van der Waals surface area contributed by atoms with Crippen LogP contribution in [0, 0.1) is 6.92 Å². The minimum atomic E-state index is -1.43. The summed E-state index contributed by atoms with van der Waals surface area (Å²) in [5.74, 6) is 0. The van der Waals surface area contributed by atoms with E-state index >= 15 is 0 Å². The highest BCUT2D eigenvalue weighted by molar-refractivity contribution is 6.59. The Balaban J connectivity index is 2.30. The van der Waals surface area contributed by atoms with E-state index in [0.717, 1.165) is 12.1 Å². The van der Waals surface area contributed by atoms with Crippen LogP contribution in [0.3, 0.4) is 0 Å². The van der Waals surface area contributed by atoms with Crippen molar-refractivity contribution in [3.8, 4) is 0 Å². The van der Waals surface area contributed by atoms with E-state index in [-0.39, 0.29) is 0 Å². The number of hydrogen-bond acceptors (Lipinski definition) is 3. The van der Waals surface area contributed by atoms with Crippen molar-refractivity contribution < 1.29 is 10.0 Å². The quantitative estimate of drug-likeness (QED) is 0.812. The number of rotatable bonds is 5. The van der Waals surface area contributed by atoms with Crippen molar-refractivity contribution >= 4 is 18.3 Å². The van der Waals surface area contributed by atoms with Gasteiger partial charge in [0.2, 0.25) is 0 Å². The maximum absolute atomic E-state index is 9.45. The van der Waals surface area contributed by atoms with Crippen molar-refractivity contribution in [3.63, 3.8) is 0 Å². The lowest BCUT2D eigenvalue weighted by Gasteiger charge is -2.26. The second-order valence-corrected chi connectivity index (χ2v) is 4.87. The van der Waals surface area contributed by atoms with E-state index in [1.165, 1.54) is 11.3 Å². The fourth-order valence-corrected chi connectivity index (χ4v) is 2.42. The number of benzene rings is 2. The molecule has 0 spiro atoms. The molecule has 20 heavy (non-hydrogen) atoms. The number of nitrogens with zero attached hydrogens (tertiary/aromatic N) is 1. The molecule has 0 fully saturated rings. The second-order valence-electron chi connectivity index (χ2n) is 4.87. The van der Waals surface area contributed by atoms with Crippen LogP contribution in [-0.2, 0) is 6.54 Å². The summed E-state index contributed by atoms with van der Waals surface area (Å²) in [7, 11) is -1.43. The van der Waals surface area contributed by atoms with E-state index in [1.807, 2.05) is 30.3 Å². The molecule has 104 valence electrons. The minimum Gasteiger partial charge on any atom is -0.423 e. The smallest absolute Gasteiger partial charge is 0.423 e. The Morgan fingerprint density at radius 2 is 1.65 bits per heavy atom. The summed E-state index contributed by atoms with van der Waals surface area (Å²) in [4.78, 5) is 2.23. The molecule has 0 aromatic heterocycles. The summed E-state index contributed by atoms with van der Waals surface area (Å²) in [6, 6.07) is 15.7. The van der Waals surface area contributed by atoms with Gasteiger partial charge in [0.1, 0.15) is 0 Å². The van der Waals surface area contributed by atoms with Gasteiger partial charge in [-0.3, -0.25) is 0 Å². The van der Waals surface area contributed by atoms with E-state index in [0.29, 0.717) is 12.0 Å². The number of para-hydroxylation sites is 1. The number of anilines is 1. The average Bonchev–Trinajstić information content (AvgIpc) is 2.46. The van der Waals surface area contributed by atoms with Crippen LogP contribution in [0.2, 0.25) is 0 Å². The van der Waals surface area contributed by atoms with Crippen LogP contribution < -0.4 is 10.4 Å². The van der Waals surface area contributed by atoms with E-state index in [1.54, 1.807) is 6.07 Å². The van der Waals surface area contributed by atoms with Gasteiger partial charge in [-0.2, -0.15) is 0 Å². The molecular weight excluding hydrogens is 249 g/mol. The summed E-state index contributed by atoms with van der Waals surface area (Å²) < 4.78 is 0. The first kappa shape index (κ1) is 14.6. The third kappa shape index (κ3) is 3.21. The zero-order valence-electron chi connectivity index (χ0n) is 12.0. The number of hydrogen-bond donors (Lipinski definition) is 2. The van der Waals surface area contributed by atoms with Crippen molar-refractivity contribution in [3.05, 3.63) is 59.7 Å². The maximum atomic E-state index is 9.45. The van der Waals surface area contributed by atoms with E-state index in [2.05, 4.69) is 30.9 Å². The molecule has 0 aliphatic rings. The first-order valence-corrected chi connectivity index (χ1v) is 6.88. The van der Waals surface area contributed by atoms with Gasteiger partial charge in [-0.1, -0.05) is 42.5 Å². The Hall–Kier alpha value is -1.78. The van der Waals surface area contributed by atoms with Gasteiger partial charge in [0.05, 0.1) is 0 Å². The molecule has 0 aliphatic heterocycles. The third-order valence-corrected chi connectivity index (χ3v) is 3.53. The molecule has 0 unspecified atom stereocenters. The number of aryl methyl sites for hydroxylation is 1. The van der Waals surface area contributed by atoms with E-state index in [9.17, 15) is 10.0 Å². The predicted octanol–water partition coefficient (Wildman–Crippen LogP) is 1.70. The molecule has 0 radical (unpaired) electrons. The molecule has 2 aromatic carbocycles. The van der Waals surface area contributed by atoms with Gasteiger partial charge in [-0.15, -0.1) is 0 Å². The molecule has 0 heterocycles. The van der Waals surface area contributed by atoms with Gasteiger partial charge in [0.15, 0.2) is 0 Å². The van der Waals surface area contributed by atoms with Crippen LogP contribution in [-0.4, -0.2) is 23.7 Å². The van der Waals surface area contributed by atoms with Crippen LogP contribution in [0.5, 0.6) is 0 Å². The molecule has 0 saturated heterocycles. The highest BCUT2D eigenvalue weighted by Gasteiger charge is 2.17. The summed E-state index contributed by atoms with van der Waals surface area (Å²) in [5, 5.41) is 18.9. The summed E-state index contributed by atoms with van der Waals surface area (Å²) in [6.45, 7) is 5.71. The minimum absolute atomic E-state index is 0.569. The summed E-state index contributed by atoms with van der Waals surface area (Å²) in [5.41, 5.74) is 3.90. The fraction of sp³-hybridized carbons (Fsp3) is 0.250. The molecule has 2 rings (SSSR count). The van der Waals surface area contributed by atoms with Gasteiger partial charge in [0.25, 0.3) is 0 Å². The van der Waals surface area contributed by atoms with Gasteiger partial charge in [-0.05, 0) is 36.5 Å². The largest absolute Gasteiger partial charge is 0.488 e. The van der Waals surface area contributed by atoms with Gasteiger partial charge in [0, 0.05) is 18.8 Å². The third-order valence-electron chi connectivity index (χ3n) is 3.53. The van der Waals surface area contributed by atoms with E-state index in [4.69, 9.17) is 0 Å². The molecular formula is C16H20BNO2. The van der Waals surface area contributed by atoms with Crippen LogP contribution in [0.15, 0.2) is 48.5 Å². The lowest BCUT2D eigenvalue weighted by Crippen LogP contribution is -2.36. The topological polar surface area (TPSA) is 43.7 Å². The van der Waals surface area contributed by atoms with Gasteiger partial charge < -0.3 is 14.9 Å². The lowest BCUT2D eigenvalue weighted by atomic mass is 9.77. The zero-order chi connectivity index (χ0) is 14.5. The molecule has 3 nitrogen and oxygen atoms in total. The second kappa shape index (κ2) is 6.59. The highest BCUT2D eigenvalue weighted by Crippen LogP contribution is 2.20. The monoisotopic (exact) mass is 269 g/mol. The average molecular weight is 269 g/mol. The highest BCUT2D eigenvalue weighted by atomic mass is 16.4. The van der Waals surface area contributed by atoms with Crippen molar-refractivity contribution in [1.82, 2.24) is 0 Å². The fourth-order valence-electron chi connectivity index (χ4n) is 2.42. The first-order chi connectivity index (χ1) is 9.63. The molecule has 0 saturated carbocycles. The SMILES string of the molecule is CCN(Cc1ccccc1B(O)O)c1ccccc1C. The van der Waals surface area contributed by atoms with Crippen LogP contribution in [0.25, 0.3) is 0 Å². The van der Waals surface area contributed by atoms with Crippen LogP contribution in [0.4, 0.5) is 5.69 Å². The molecule has 0 atom stereocenters. The molecule has 2 N–H and O–H groups in total. The summed E-state index contributed by atoms with van der Waals surface area (Å²) in [6.07, 6.45) is 0. The lowest BCUT2D eigenvalue weighted by molar-refractivity contribution is 0.425. The van der Waals surface area contributed by atoms with Crippen LogP contribution in [0.1, 0.15) is 18.1 Å². The first-order valence-electron chi connectivity index (χ1n) is 6.88. The zero-order valence-corrected chi connectivity index (χ0v) is 12.0. The standard InChI is InChI=1S/C16H20BNO2/c1-3-18(16-11-7-4-8-13(16)2)12-14-9-5-6-10-15(14)17(19)20/h4-11,19-20H,3,12H2,1-2H3. The normalized spacial score (nSPS) is 10.4. The molecule has 4 heteroatoms. The molecule has 0 bridgehead atoms. The Kier molecular flexibility index (Phi) is 4.82. The van der Waals surface area contributed by atoms with E-state index < -0.39 is 7.12 Å². The van der Waals surface area contributed by atoms with Gasteiger partial charge in [-0.25, -0.2) is 0 Å². The molecule has 0 aliphatic carbocycles. The Morgan fingerprint density at radius 1 is 1.00 bits per heavy atom. The molecule has 2 aromatic rings. The van der Waals surface area contributed by atoms with Gasteiger partial charge >= 0.3 is 7.12 Å². The Labute approximate surface area is 120 Å². The Bertz CT molecular complexity index is 572. The summed E-state index contributed by atoms with van der Waals surface area (Å²) >= 11 is 0. The van der Waals surface area contributed by atoms with Crippen molar-refractivity contribution in [2.45, 2.75) is 20.4 Å². The van der Waals surface area contributed by atoms with Crippen molar-refractivity contribution in [1.29, 1.82) is 0 Å². The predicted molar refractivity (Wildman–Crippen MR) is 84.2 cm³/mol. The maximum Gasteiger partial charge on any atom is 0.488 e. The van der Waals surface area contributed by atoms with Crippen molar-refractivity contribution in [2.24, 2.45) is 0 Å². The van der Waals surface area contributed by atoms with Crippen molar-refractivity contribution in [2.75, 3.05) is 11.4 Å².